The van der Waals surface area contributed by atoms with Crippen LogP contribution in [-0.4, -0.2) is 16.3 Å². The van der Waals surface area contributed by atoms with E-state index in [1.54, 1.807) is 0 Å². The number of nitrogens with one attached hydrogen (secondary N) is 1. The van der Waals surface area contributed by atoms with E-state index < -0.39 is 0 Å². The molecule has 1 aliphatic rings. The predicted molar refractivity (Wildman–Crippen MR) is 120 cm³/mol. The van der Waals surface area contributed by atoms with Gasteiger partial charge in [-0.1, -0.05) is 58.4 Å². The van der Waals surface area contributed by atoms with Crippen LogP contribution in [0.1, 0.15) is 11.1 Å². The molecule has 0 spiro atoms. The molecule has 29 heavy (non-hydrogen) atoms. The van der Waals surface area contributed by atoms with Crippen LogP contribution in [0.5, 0.6) is 5.75 Å². The normalized spacial score (nSPS) is 12.4. The summed E-state index contributed by atoms with van der Waals surface area (Å²) in [5, 5.41) is 8.42. The van der Waals surface area contributed by atoms with Gasteiger partial charge in [0.1, 0.15) is 18.2 Å². The molecule has 5 rings (SSSR count). The molecule has 4 aromatic rings. The second-order valence-electron chi connectivity index (χ2n) is 7.04. The fourth-order valence-corrected chi connectivity index (χ4v) is 4.05. The van der Waals surface area contributed by atoms with Crippen molar-refractivity contribution >= 4 is 21.7 Å². The van der Waals surface area contributed by atoms with E-state index >= 15 is 0 Å². The van der Waals surface area contributed by atoms with Crippen molar-refractivity contribution in [2.45, 2.75) is 13.0 Å². The first-order valence-corrected chi connectivity index (χ1v) is 10.5. The molecule has 1 N–H and O–H groups in total. The molecule has 5 heteroatoms. The van der Waals surface area contributed by atoms with E-state index in [1.165, 1.54) is 5.56 Å². The lowest BCUT2D eigenvalue weighted by molar-refractivity contribution is 0.306. The summed E-state index contributed by atoms with van der Waals surface area (Å²) in [5.74, 6) is 1.93. The molecule has 0 atom stereocenters. The maximum absolute atomic E-state index is 5.91. The molecule has 0 saturated carbocycles. The Bertz CT molecular complexity index is 1140. The summed E-state index contributed by atoms with van der Waals surface area (Å²) in [6.45, 7) is 1.50. The molecule has 0 aliphatic carbocycles. The number of anilines is 1. The zero-order valence-electron chi connectivity index (χ0n) is 15.8. The summed E-state index contributed by atoms with van der Waals surface area (Å²) in [6, 6.07) is 26.6. The van der Waals surface area contributed by atoms with Crippen molar-refractivity contribution in [3.8, 4) is 22.7 Å². The highest BCUT2D eigenvalue weighted by molar-refractivity contribution is 9.10. The first kappa shape index (κ1) is 18.0. The maximum Gasteiger partial charge on any atom is 0.133 e. The highest BCUT2D eigenvalue weighted by Crippen LogP contribution is 2.35. The minimum absolute atomic E-state index is 0.561. The van der Waals surface area contributed by atoms with Crippen LogP contribution in [0.4, 0.5) is 5.82 Å². The Labute approximate surface area is 178 Å². The van der Waals surface area contributed by atoms with E-state index in [9.17, 15) is 0 Å². The van der Waals surface area contributed by atoms with E-state index in [1.807, 2.05) is 47.1 Å². The van der Waals surface area contributed by atoms with Gasteiger partial charge in [-0.2, -0.15) is 5.10 Å². The van der Waals surface area contributed by atoms with Gasteiger partial charge in [-0.15, -0.1) is 0 Å². The summed E-state index contributed by atoms with van der Waals surface area (Å²) >= 11 is 3.57. The number of halogens is 1. The third-order valence-corrected chi connectivity index (χ3v) is 5.57. The van der Waals surface area contributed by atoms with Crippen molar-refractivity contribution in [2.24, 2.45) is 0 Å². The Hall–Kier alpha value is -3.05. The van der Waals surface area contributed by atoms with Gasteiger partial charge in [0.25, 0.3) is 0 Å². The summed E-state index contributed by atoms with van der Waals surface area (Å²) in [7, 11) is 0. The average molecular weight is 446 g/mol. The van der Waals surface area contributed by atoms with Crippen LogP contribution in [0.2, 0.25) is 0 Å². The van der Waals surface area contributed by atoms with Crippen molar-refractivity contribution in [1.29, 1.82) is 0 Å². The van der Waals surface area contributed by atoms with Crippen LogP contribution in [0, 0.1) is 0 Å². The number of aromatic nitrogens is 2. The Kier molecular flexibility index (Phi) is 4.82. The number of hydrogen-bond acceptors (Lipinski definition) is 3. The number of hydrogen-bond donors (Lipinski definition) is 1. The quantitative estimate of drug-likeness (QED) is 0.418. The smallest absolute Gasteiger partial charge is 0.133 e. The van der Waals surface area contributed by atoms with Gasteiger partial charge in [-0.05, 0) is 48.4 Å². The first-order valence-electron chi connectivity index (χ1n) is 9.67. The van der Waals surface area contributed by atoms with E-state index in [-0.39, 0.29) is 0 Å². The van der Waals surface area contributed by atoms with Gasteiger partial charge in [-0.3, -0.25) is 0 Å². The SMILES string of the molecule is Brc1cccc(-c2nn(-c3ccc(OCc4ccccc4)cc3)c3c2CCN3)c1. The first-order chi connectivity index (χ1) is 14.3. The van der Waals surface area contributed by atoms with Crippen LogP contribution in [0.15, 0.2) is 83.3 Å². The average Bonchev–Trinajstić information content (AvgIpc) is 3.36. The van der Waals surface area contributed by atoms with E-state index in [0.717, 1.165) is 51.5 Å². The lowest BCUT2D eigenvalue weighted by Crippen LogP contribution is -2.04. The van der Waals surface area contributed by atoms with Crippen LogP contribution < -0.4 is 10.1 Å². The molecule has 0 unspecified atom stereocenters. The van der Waals surface area contributed by atoms with Gasteiger partial charge in [0, 0.05) is 22.1 Å². The minimum atomic E-state index is 0.561. The van der Waals surface area contributed by atoms with Gasteiger partial charge in [0.15, 0.2) is 0 Å². The Balaban J connectivity index is 1.42. The fourth-order valence-electron chi connectivity index (χ4n) is 3.65. The molecule has 1 aliphatic heterocycles. The lowest BCUT2D eigenvalue weighted by atomic mass is 10.1. The van der Waals surface area contributed by atoms with Crippen LogP contribution >= 0.6 is 15.9 Å². The van der Waals surface area contributed by atoms with Crippen molar-refractivity contribution in [2.75, 3.05) is 11.9 Å². The van der Waals surface area contributed by atoms with Gasteiger partial charge >= 0.3 is 0 Å². The molecular formula is C24H20BrN3O. The zero-order valence-corrected chi connectivity index (χ0v) is 17.4. The van der Waals surface area contributed by atoms with Crippen molar-refractivity contribution in [3.63, 3.8) is 0 Å². The fraction of sp³-hybridized carbons (Fsp3) is 0.125. The molecule has 3 aromatic carbocycles. The summed E-state index contributed by atoms with van der Waals surface area (Å²) < 4.78 is 8.97. The van der Waals surface area contributed by atoms with Gasteiger partial charge < -0.3 is 10.1 Å². The largest absolute Gasteiger partial charge is 0.489 e. The van der Waals surface area contributed by atoms with Crippen molar-refractivity contribution < 1.29 is 4.74 Å². The second kappa shape index (κ2) is 7.76. The van der Waals surface area contributed by atoms with E-state index in [4.69, 9.17) is 9.84 Å². The van der Waals surface area contributed by atoms with Gasteiger partial charge in [0.05, 0.1) is 11.4 Å². The molecule has 0 fully saturated rings. The topological polar surface area (TPSA) is 39.1 Å². The summed E-state index contributed by atoms with van der Waals surface area (Å²) in [5.41, 5.74) is 5.61. The van der Waals surface area contributed by atoms with Crippen molar-refractivity contribution in [3.05, 3.63) is 94.5 Å². The minimum Gasteiger partial charge on any atom is -0.489 e. The molecule has 4 nitrogen and oxygen atoms in total. The molecule has 0 bridgehead atoms. The lowest BCUT2D eigenvalue weighted by Gasteiger charge is -2.09. The second-order valence-corrected chi connectivity index (χ2v) is 7.96. The third-order valence-electron chi connectivity index (χ3n) is 5.08. The Morgan fingerprint density at radius 2 is 1.79 bits per heavy atom. The number of rotatable bonds is 5. The Morgan fingerprint density at radius 3 is 2.59 bits per heavy atom. The van der Waals surface area contributed by atoms with E-state index in [2.05, 4.69) is 57.6 Å². The molecule has 0 amide bonds. The monoisotopic (exact) mass is 445 g/mol. The number of benzene rings is 3. The molecule has 0 saturated heterocycles. The van der Waals surface area contributed by atoms with Gasteiger partial charge in [-0.25, -0.2) is 4.68 Å². The number of ether oxygens (including phenoxy) is 1. The standard InChI is InChI=1S/C24H20BrN3O/c25-19-8-4-7-18(15-19)23-22-13-14-26-24(22)28(27-23)20-9-11-21(12-10-20)29-16-17-5-2-1-3-6-17/h1-12,15,26H,13-14,16H2. The summed E-state index contributed by atoms with van der Waals surface area (Å²) in [4.78, 5) is 0. The third kappa shape index (κ3) is 3.66. The molecule has 0 radical (unpaired) electrons. The Morgan fingerprint density at radius 1 is 0.966 bits per heavy atom. The van der Waals surface area contributed by atoms with Crippen LogP contribution in [0.3, 0.4) is 0 Å². The highest BCUT2D eigenvalue weighted by Gasteiger charge is 2.24. The number of nitrogens with zero attached hydrogens (tertiary/aromatic N) is 2. The predicted octanol–water partition coefficient (Wildman–Crippen LogP) is 5.85. The van der Waals surface area contributed by atoms with Crippen LogP contribution in [0.25, 0.3) is 16.9 Å². The molecule has 2 heterocycles. The van der Waals surface area contributed by atoms with Crippen molar-refractivity contribution in [1.82, 2.24) is 9.78 Å². The maximum atomic E-state index is 5.91. The number of fused-ring (bicyclic) bond motifs is 1. The summed E-state index contributed by atoms with van der Waals surface area (Å²) in [6.07, 6.45) is 0.982. The van der Waals surface area contributed by atoms with Crippen LogP contribution in [-0.2, 0) is 13.0 Å². The zero-order chi connectivity index (χ0) is 19.6. The van der Waals surface area contributed by atoms with E-state index in [0.29, 0.717) is 6.61 Å². The molecular weight excluding hydrogens is 426 g/mol. The molecule has 144 valence electrons. The molecule has 1 aromatic heterocycles. The highest BCUT2D eigenvalue weighted by atomic mass is 79.9. The van der Waals surface area contributed by atoms with Gasteiger partial charge in [0.2, 0.25) is 0 Å².